The lowest BCUT2D eigenvalue weighted by Crippen LogP contribution is -2.55. The van der Waals surface area contributed by atoms with Crippen LogP contribution in [0.1, 0.15) is 24.5 Å². The molecule has 4 aromatic rings. The third-order valence-corrected chi connectivity index (χ3v) is 6.37. The molecule has 39 heavy (non-hydrogen) atoms. The number of amides is 1. The molecule has 0 bridgehead atoms. The molecule has 1 aromatic carbocycles. The number of pyridine rings is 1. The Morgan fingerprint density at radius 3 is 2.51 bits per heavy atom. The standard InChI is InChI=1S/C25H28N10O3.H3N.H2/c1-3-19-29-15-35(32-19)23-21-20(18(38-2)14-28-23)17(13-27-21)22(36)24(37)33-9-11-34(12-10-33)25(31-26)30-16-7-5-4-6-8-16;;/h4-8,13-15,27H,3,9-12,26H2,1-2H3,(H,30,31);1H3;1H. The number of hydrazine groups is 1. The molecule has 0 radical (unpaired) electrons. The van der Waals surface area contributed by atoms with Crippen molar-refractivity contribution in [1.82, 2.24) is 46.1 Å². The number of para-hydroxylation sites is 1. The molecular weight excluding hydrogens is 502 g/mol. The third kappa shape index (κ3) is 5.28. The number of guanidine groups is 1. The van der Waals surface area contributed by atoms with Gasteiger partial charge in [0.25, 0.3) is 11.7 Å². The molecular formula is C25H33N11O3. The molecule has 5 rings (SSSR count). The van der Waals surface area contributed by atoms with Crippen molar-refractivity contribution >= 4 is 34.2 Å². The van der Waals surface area contributed by atoms with Gasteiger partial charge in [0.15, 0.2) is 11.6 Å². The van der Waals surface area contributed by atoms with Crippen molar-refractivity contribution in [2.75, 3.05) is 33.3 Å². The number of hydrogen-bond donors (Lipinski definition) is 4. The Balaban J connectivity index is 0.00000220. The Morgan fingerprint density at radius 2 is 1.87 bits per heavy atom. The minimum atomic E-state index is -0.636. The Morgan fingerprint density at radius 1 is 1.15 bits per heavy atom. The molecule has 1 fully saturated rings. The predicted molar refractivity (Wildman–Crippen MR) is 147 cm³/mol. The summed E-state index contributed by atoms with van der Waals surface area (Å²) < 4.78 is 7.01. The quantitative estimate of drug-likeness (QED) is 0.0703. The number of nitrogens with two attached hydrogens (primary N) is 1. The number of methoxy groups -OCH3 is 1. The van der Waals surface area contributed by atoms with Gasteiger partial charge >= 0.3 is 0 Å². The highest BCUT2D eigenvalue weighted by Gasteiger charge is 2.31. The number of rotatable bonds is 6. The molecule has 0 spiro atoms. The first-order chi connectivity index (χ1) is 18.5. The summed E-state index contributed by atoms with van der Waals surface area (Å²) >= 11 is 0. The smallest absolute Gasteiger partial charge is 0.295 e. The van der Waals surface area contributed by atoms with Crippen LogP contribution in [0, 0.1) is 0 Å². The lowest BCUT2D eigenvalue weighted by atomic mass is 10.1. The molecule has 0 atom stereocenters. The van der Waals surface area contributed by atoms with E-state index in [-0.39, 0.29) is 13.1 Å². The number of aryl methyl sites for hydroxylation is 1. The van der Waals surface area contributed by atoms with E-state index >= 15 is 0 Å². The fourth-order valence-electron chi connectivity index (χ4n) is 4.37. The van der Waals surface area contributed by atoms with E-state index in [0.717, 1.165) is 5.69 Å². The van der Waals surface area contributed by atoms with Crippen molar-refractivity contribution in [3.05, 3.63) is 60.4 Å². The van der Waals surface area contributed by atoms with E-state index in [1.54, 1.807) is 6.33 Å². The first-order valence-electron chi connectivity index (χ1n) is 12.2. The van der Waals surface area contributed by atoms with E-state index in [9.17, 15) is 9.59 Å². The van der Waals surface area contributed by atoms with Crippen LogP contribution in [0.2, 0.25) is 0 Å². The van der Waals surface area contributed by atoms with Crippen LogP contribution < -0.4 is 22.2 Å². The topological polar surface area (TPSA) is 195 Å². The second-order valence-electron chi connectivity index (χ2n) is 8.59. The number of benzene rings is 1. The van der Waals surface area contributed by atoms with Crippen LogP contribution in [0.5, 0.6) is 5.75 Å². The number of Topliss-reactive ketones (excluding diaryl/α,β-unsaturated/α-hetero) is 1. The van der Waals surface area contributed by atoms with Gasteiger partial charge in [0.2, 0.25) is 5.96 Å². The van der Waals surface area contributed by atoms with Gasteiger partial charge in [-0.1, -0.05) is 25.1 Å². The van der Waals surface area contributed by atoms with Crippen molar-refractivity contribution in [2.24, 2.45) is 10.8 Å². The summed E-state index contributed by atoms with van der Waals surface area (Å²) in [6, 6.07) is 9.44. The number of fused-ring (bicyclic) bond motifs is 1. The first kappa shape index (κ1) is 27.2. The van der Waals surface area contributed by atoms with Crippen LogP contribution in [-0.2, 0) is 11.2 Å². The average molecular weight is 536 g/mol. The van der Waals surface area contributed by atoms with Gasteiger partial charge in [0.05, 0.1) is 35.5 Å². The summed E-state index contributed by atoms with van der Waals surface area (Å²) in [5.74, 6) is 6.46. The van der Waals surface area contributed by atoms with Crippen LogP contribution in [0.3, 0.4) is 0 Å². The molecule has 4 heterocycles. The van der Waals surface area contributed by atoms with Gasteiger partial charge in [-0.05, 0) is 12.1 Å². The number of ketones is 1. The van der Waals surface area contributed by atoms with Crippen LogP contribution in [0.15, 0.2) is 54.0 Å². The number of aromatic nitrogens is 5. The van der Waals surface area contributed by atoms with E-state index in [1.807, 2.05) is 42.2 Å². The third-order valence-electron chi connectivity index (χ3n) is 6.37. The summed E-state index contributed by atoms with van der Waals surface area (Å²) in [7, 11) is 1.49. The molecule has 0 aliphatic carbocycles. The minimum Gasteiger partial charge on any atom is -0.494 e. The molecule has 1 aliphatic rings. The summed E-state index contributed by atoms with van der Waals surface area (Å²) in [6.07, 6.45) is 5.25. The van der Waals surface area contributed by atoms with E-state index in [2.05, 4.69) is 30.5 Å². The minimum absolute atomic E-state index is 0. The fourth-order valence-corrected chi connectivity index (χ4v) is 4.37. The van der Waals surface area contributed by atoms with Crippen molar-refractivity contribution in [3.63, 3.8) is 0 Å². The van der Waals surface area contributed by atoms with Crippen LogP contribution >= 0.6 is 0 Å². The molecule has 1 amide bonds. The fraction of sp³-hybridized carbons (Fsp3) is 0.280. The second kappa shape index (κ2) is 11.7. The molecule has 1 aliphatic heterocycles. The van der Waals surface area contributed by atoms with E-state index in [1.165, 1.54) is 29.1 Å². The van der Waals surface area contributed by atoms with Gasteiger partial charge < -0.3 is 25.7 Å². The number of hydrogen-bond acceptors (Lipinski definition) is 9. The highest BCUT2D eigenvalue weighted by Crippen LogP contribution is 2.32. The molecule has 0 saturated carbocycles. The number of carbonyl (C=O) groups is 2. The summed E-state index contributed by atoms with van der Waals surface area (Å²) in [6.45, 7) is 3.56. The molecule has 7 N–H and O–H groups in total. The van der Waals surface area contributed by atoms with Crippen molar-refractivity contribution in [3.8, 4) is 11.6 Å². The molecule has 3 aromatic heterocycles. The second-order valence-corrected chi connectivity index (χ2v) is 8.59. The summed E-state index contributed by atoms with van der Waals surface area (Å²) in [4.78, 5) is 46.5. The Bertz CT molecular complexity index is 1490. The van der Waals surface area contributed by atoms with Gasteiger partial charge in [-0.25, -0.2) is 25.5 Å². The van der Waals surface area contributed by atoms with E-state index in [4.69, 9.17) is 10.6 Å². The van der Waals surface area contributed by atoms with Crippen LogP contribution in [0.25, 0.3) is 16.7 Å². The van der Waals surface area contributed by atoms with Gasteiger partial charge in [-0.2, -0.15) is 0 Å². The summed E-state index contributed by atoms with van der Waals surface area (Å²) in [5, 5.41) is 4.88. The predicted octanol–water partition coefficient (Wildman–Crippen LogP) is 1.60. The lowest BCUT2D eigenvalue weighted by Gasteiger charge is -2.35. The normalized spacial score (nSPS) is 13.8. The molecule has 0 unspecified atom stereocenters. The number of piperazine rings is 1. The number of nitrogens with one attached hydrogen (secondary N) is 2. The highest BCUT2D eigenvalue weighted by molar-refractivity contribution is 6.45. The largest absolute Gasteiger partial charge is 0.494 e. The number of aliphatic imine (C=N–C) groups is 1. The lowest BCUT2D eigenvalue weighted by molar-refractivity contribution is -0.127. The van der Waals surface area contributed by atoms with Crippen LogP contribution in [0.4, 0.5) is 5.69 Å². The van der Waals surface area contributed by atoms with Gasteiger partial charge in [-0.3, -0.25) is 15.0 Å². The number of ether oxygens (including phenoxy) is 1. The SMILES string of the molecule is CCc1ncn(-c2ncc(OC)c3c(C(=O)C(=O)N4CCN(C(=Nc5ccccc5)NN)CC4)c[nH]c23)n1.N.[HH]. The molecule has 1 saturated heterocycles. The van der Waals surface area contributed by atoms with Crippen molar-refractivity contribution in [1.29, 1.82) is 0 Å². The Labute approximate surface area is 225 Å². The van der Waals surface area contributed by atoms with Gasteiger partial charge in [0.1, 0.15) is 12.1 Å². The maximum Gasteiger partial charge on any atom is 0.295 e. The molecule has 14 heteroatoms. The Hall–Kier alpha value is -4.82. The zero-order valence-electron chi connectivity index (χ0n) is 21.8. The number of aromatic amines is 1. The number of carbonyl (C=O) groups excluding carboxylic acids is 2. The Kier molecular flexibility index (Phi) is 8.17. The zero-order valence-corrected chi connectivity index (χ0v) is 21.8. The van der Waals surface area contributed by atoms with E-state index in [0.29, 0.717) is 66.9 Å². The molecule has 206 valence electrons. The van der Waals surface area contributed by atoms with E-state index < -0.39 is 11.7 Å². The summed E-state index contributed by atoms with van der Waals surface area (Å²) in [5.41, 5.74) is 4.12. The highest BCUT2D eigenvalue weighted by atomic mass is 16.5. The molecule has 14 nitrogen and oxygen atoms in total. The van der Waals surface area contributed by atoms with Crippen molar-refractivity contribution in [2.45, 2.75) is 13.3 Å². The van der Waals surface area contributed by atoms with Crippen LogP contribution in [-0.4, -0.2) is 85.5 Å². The van der Waals surface area contributed by atoms with Gasteiger partial charge in [0, 0.05) is 40.2 Å². The zero-order chi connectivity index (χ0) is 26.6. The van der Waals surface area contributed by atoms with Gasteiger partial charge in [-0.15, -0.1) is 5.10 Å². The maximum absolute atomic E-state index is 13.4. The maximum atomic E-state index is 13.4. The first-order valence-corrected chi connectivity index (χ1v) is 12.2. The monoisotopic (exact) mass is 535 g/mol. The number of H-pyrrole nitrogens is 1. The average Bonchev–Trinajstić information content (AvgIpc) is 3.63. The number of nitrogens with zero attached hydrogens (tertiary/aromatic N) is 7. The van der Waals surface area contributed by atoms with Crippen molar-refractivity contribution < 1.29 is 15.8 Å².